The number of rotatable bonds is 6. The second-order valence-corrected chi connectivity index (χ2v) is 6.47. The summed E-state index contributed by atoms with van der Waals surface area (Å²) in [4.78, 5) is 23.6. The van der Waals surface area contributed by atoms with Crippen molar-refractivity contribution in [1.82, 2.24) is 9.97 Å². The van der Waals surface area contributed by atoms with Gasteiger partial charge in [-0.1, -0.05) is 55.5 Å². The number of amides is 1. The highest BCUT2D eigenvalue weighted by Gasteiger charge is 2.14. The molecule has 5 nitrogen and oxygen atoms in total. The molecule has 27 heavy (non-hydrogen) atoms. The van der Waals surface area contributed by atoms with Gasteiger partial charge < -0.3 is 10.2 Å². The van der Waals surface area contributed by atoms with Crippen LogP contribution in [0, 0.1) is 6.92 Å². The minimum Gasteiger partial charge on any atom is -0.355 e. The lowest BCUT2D eigenvalue weighted by Crippen LogP contribution is -2.21. The van der Waals surface area contributed by atoms with Gasteiger partial charge in [-0.2, -0.15) is 0 Å². The van der Waals surface area contributed by atoms with Crippen molar-refractivity contribution in [2.24, 2.45) is 0 Å². The van der Waals surface area contributed by atoms with Gasteiger partial charge in [0, 0.05) is 25.3 Å². The molecule has 3 rings (SSSR count). The summed E-state index contributed by atoms with van der Waals surface area (Å²) in [5, 5.41) is 2.97. The van der Waals surface area contributed by atoms with Crippen LogP contribution in [-0.2, 0) is 13.0 Å². The van der Waals surface area contributed by atoms with Crippen LogP contribution in [0.4, 0.5) is 11.5 Å². The predicted molar refractivity (Wildman–Crippen MR) is 109 cm³/mol. The van der Waals surface area contributed by atoms with E-state index in [2.05, 4.69) is 34.3 Å². The topological polar surface area (TPSA) is 58.1 Å². The third-order valence-electron chi connectivity index (χ3n) is 4.36. The van der Waals surface area contributed by atoms with Crippen molar-refractivity contribution in [3.63, 3.8) is 0 Å². The van der Waals surface area contributed by atoms with Gasteiger partial charge in [0.2, 0.25) is 0 Å². The summed E-state index contributed by atoms with van der Waals surface area (Å²) in [6.07, 6.45) is 0.852. The molecule has 0 saturated heterocycles. The van der Waals surface area contributed by atoms with Crippen molar-refractivity contribution in [2.75, 3.05) is 17.3 Å². The van der Waals surface area contributed by atoms with E-state index in [-0.39, 0.29) is 5.91 Å². The van der Waals surface area contributed by atoms with Crippen molar-refractivity contribution < 1.29 is 4.79 Å². The van der Waals surface area contributed by atoms with Crippen LogP contribution in [0.2, 0.25) is 0 Å². The summed E-state index contributed by atoms with van der Waals surface area (Å²) in [5.41, 5.74) is 3.46. The van der Waals surface area contributed by atoms with E-state index in [4.69, 9.17) is 0 Å². The second-order valence-electron chi connectivity index (χ2n) is 6.47. The van der Waals surface area contributed by atoms with E-state index in [1.54, 1.807) is 13.0 Å². The van der Waals surface area contributed by atoms with E-state index < -0.39 is 0 Å². The summed E-state index contributed by atoms with van der Waals surface area (Å²) < 4.78 is 0. The van der Waals surface area contributed by atoms with Gasteiger partial charge in [0.05, 0.1) is 0 Å². The molecule has 0 aliphatic heterocycles. The molecule has 0 aliphatic carbocycles. The molecule has 0 aliphatic rings. The molecule has 0 radical (unpaired) electrons. The Hall–Kier alpha value is -3.21. The molecule has 0 unspecified atom stereocenters. The average molecular weight is 360 g/mol. The molecule has 0 atom stereocenters. The lowest BCUT2D eigenvalue weighted by atomic mass is 10.1. The Labute approximate surface area is 160 Å². The molecular formula is C22H24N4O. The van der Waals surface area contributed by atoms with Gasteiger partial charge in [-0.05, 0) is 30.5 Å². The molecule has 3 aromatic rings. The van der Waals surface area contributed by atoms with Gasteiger partial charge in [-0.15, -0.1) is 0 Å². The van der Waals surface area contributed by atoms with Crippen LogP contribution in [0.5, 0.6) is 0 Å². The smallest absolute Gasteiger partial charge is 0.274 e. The molecular weight excluding hydrogens is 336 g/mol. The molecule has 0 bridgehead atoms. The van der Waals surface area contributed by atoms with E-state index in [1.807, 2.05) is 54.4 Å². The number of carbonyl (C=O) groups excluding carboxylic acids is 1. The molecule has 1 aromatic heterocycles. The minimum atomic E-state index is -0.226. The third-order valence-corrected chi connectivity index (χ3v) is 4.36. The average Bonchev–Trinajstić information content (AvgIpc) is 2.68. The maximum atomic E-state index is 12.7. The normalized spacial score (nSPS) is 10.5. The molecule has 5 heteroatoms. The zero-order valence-electron chi connectivity index (χ0n) is 15.9. The SMILES string of the molecule is CCc1ccccc1NC(=O)c1cc(N(C)Cc2ccccc2)nc(C)n1. The Morgan fingerprint density at radius 2 is 1.74 bits per heavy atom. The van der Waals surface area contributed by atoms with Crippen LogP contribution in [0.25, 0.3) is 0 Å². The highest BCUT2D eigenvalue weighted by Crippen LogP contribution is 2.18. The number of carbonyl (C=O) groups is 1. The fraction of sp³-hybridized carbons (Fsp3) is 0.227. The Balaban J connectivity index is 1.81. The summed E-state index contributed by atoms with van der Waals surface area (Å²) >= 11 is 0. The molecule has 1 N–H and O–H groups in total. The van der Waals surface area contributed by atoms with E-state index in [1.165, 1.54) is 5.56 Å². The maximum absolute atomic E-state index is 12.7. The lowest BCUT2D eigenvalue weighted by Gasteiger charge is -2.19. The number of nitrogens with one attached hydrogen (secondary N) is 1. The molecule has 2 aromatic carbocycles. The van der Waals surface area contributed by atoms with Gasteiger partial charge in [0.1, 0.15) is 17.3 Å². The highest BCUT2D eigenvalue weighted by molar-refractivity contribution is 6.03. The van der Waals surface area contributed by atoms with Gasteiger partial charge in [-0.3, -0.25) is 4.79 Å². The van der Waals surface area contributed by atoms with Crippen LogP contribution in [0.15, 0.2) is 60.7 Å². The highest BCUT2D eigenvalue weighted by atomic mass is 16.1. The maximum Gasteiger partial charge on any atom is 0.274 e. The zero-order valence-corrected chi connectivity index (χ0v) is 15.9. The first-order chi connectivity index (χ1) is 13.1. The molecule has 1 amide bonds. The Morgan fingerprint density at radius 1 is 1.04 bits per heavy atom. The first-order valence-corrected chi connectivity index (χ1v) is 9.07. The van der Waals surface area contributed by atoms with E-state index in [0.29, 0.717) is 18.1 Å². The molecule has 0 saturated carbocycles. The largest absolute Gasteiger partial charge is 0.355 e. The van der Waals surface area contributed by atoms with Gasteiger partial charge in [0.15, 0.2) is 0 Å². The Kier molecular flexibility index (Phi) is 5.81. The van der Waals surface area contributed by atoms with Crippen molar-refractivity contribution >= 4 is 17.4 Å². The Morgan fingerprint density at radius 3 is 2.48 bits per heavy atom. The number of nitrogens with zero attached hydrogens (tertiary/aromatic N) is 3. The van der Waals surface area contributed by atoms with Crippen LogP contribution < -0.4 is 10.2 Å². The molecule has 138 valence electrons. The van der Waals surface area contributed by atoms with Crippen LogP contribution in [-0.4, -0.2) is 22.9 Å². The number of hydrogen-bond acceptors (Lipinski definition) is 4. The number of aryl methyl sites for hydroxylation is 2. The van der Waals surface area contributed by atoms with Crippen molar-refractivity contribution in [3.8, 4) is 0 Å². The summed E-state index contributed by atoms with van der Waals surface area (Å²) in [5.74, 6) is 1.07. The molecule has 0 fully saturated rings. The molecule has 0 spiro atoms. The van der Waals surface area contributed by atoms with Crippen molar-refractivity contribution in [3.05, 3.63) is 83.3 Å². The summed E-state index contributed by atoms with van der Waals surface area (Å²) in [6, 6.07) is 19.7. The minimum absolute atomic E-state index is 0.226. The lowest BCUT2D eigenvalue weighted by molar-refractivity contribution is 0.102. The first kappa shape index (κ1) is 18.6. The fourth-order valence-corrected chi connectivity index (χ4v) is 2.94. The number of hydrogen-bond donors (Lipinski definition) is 1. The van der Waals surface area contributed by atoms with Gasteiger partial charge >= 0.3 is 0 Å². The summed E-state index contributed by atoms with van der Waals surface area (Å²) in [6.45, 7) is 4.57. The van der Waals surface area contributed by atoms with Crippen molar-refractivity contribution in [2.45, 2.75) is 26.8 Å². The summed E-state index contributed by atoms with van der Waals surface area (Å²) in [7, 11) is 1.96. The van der Waals surface area contributed by atoms with Crippen molar-refractivity contribution in [1.29, 1.82) is 0 Å². The van der Waals surface area contributed by atoms with Crippen LogP contribution in [0.1, 0.15) is 34.4 Å². The van der Waals surface area contributed by atoms with Gasteiger partial charge in [0.25, 0.3) is 5.91 Å². The van der Waals surface area contributed by atoms with Crippen LogP contribution in [0.3, 0.4) is 0 Å². The van der Waals surface area contributed by atoms with E-state index >= 15 is 0 Å². The predicted octanol–water partition coefficient (Wildman–Crippen LogP) is 4.24. The standard InChI is InChI=1S/C22H24N4O/c1-4-18-12-8-9-13-19(18)25-22(27)20-14-21(24-16(2)23-20)26(3)15-17-10-6-5-7-11-17/h5-14H,4,15H2,1-3H3,(H,25,27). The zero-order chi connectivity index (χ0) is 19.2. The number of aromatic nitrogens is 2. The number of anilines is 2. The van der Waals surface area contributed by atoms with Crippen LogP contribution >= 0.6 is 0 Å². The van der Waals surface area contributed by atoms with Gasteiger partial charge in [-0.25, -0.2) is 9.97 Å². The van der Waals surface area contributed by atoms with E-state index in [0.717, 1.165) is 23.5 Å². The third kappa shape index (κ3) is 4.70. The number of para-hydroxylation sites is 1. The monoisotopic (exact) mass is 360 g/mol. The first-order valence-electron chi connectivity index (χ1n) is 9.07. The second kappa shape index (κ2) is 8.45. The fourth-order valence-electron chi connectivity index (χ4n) is 2.94. The number of benzene rings is 2. The Bertz CT molecular complexity index is 925. The molecule has 1 heterocycles. The quantitative estimate of drug-likeness (QED) is 0.714. The van der Waals surface area contributed by atoms with E-state index in [9.17, 15) is 4.79 Å².